The van der Waals surface area contributed by atoms with Crippen molar-refractivity contribution in [2.75, 3.05) is 33.3 Å². The third kappa shape index (κ3) is 5.85. The van der Waals surface area contributed by atoms with E-state index in [0.29, 0.717) is 43.2 Å². The summed E-state index contributed by atoms with van der Waals surface area (Å²) in [6, 6.07) is 11.7. The smallest absolute Gasteiger partial charge is 0.306 e. The fourth-order valence-corrected chi connectivity index (χ4v) is 3.37. The zero-order chi connectivity index (χ0) is 20.9. The number of amides is 1. The van der Waals surface area contributed by atoms with Crippen LogP contribution in [0.4, 0.5) is 0 Å². The summed E-state index contributed by atoms with van der Waals surface area (Å²) in [5.41, 5.74) is 1.35. The number of hydrogen-bond acceptors (Lipinski definition) is 7. The standard InChI is InChI=1S/C20H23NO7S/c1-25-11-3-10-21(13-15-4-7-17(8-5-15)28-29(2,23)24)20(22)16-6-9-18-19(12-16)27-14-26-18/h4-9,12H,3,10-11,13-14H2,1-2H3. The van der Waals surface area contributed by atoms with E-state index in [1.807, 2.05) is 0 Å². The van der Waals surface area contributed by atoms with Gasteiger partial charge in [0.1, 0.15) is 5.75 Å². The maximum atomic E-state index is 13.1. The number of fused-ring (bicyclic) bond motifs is 1. The van der Waals surface area contributed by atoms with E-state index in [1.165, 1.54) is 0 Å². The molecule has 156 valence electrons. The first-order valence-corrected chi connectivity index (χ1v) is 10.8. The van der Waals surface area contributed by atoms with E-state index in [9.17, 15) is 13.2 Å². The van der Waals surface area contributed by atoms with Gasteiger partial charge in [-0.15, -0.1) is 0 Å². The van der Waals surface area contributed by atoms with Gasteiger partial charge in [-0.3, -0.25) is 4.79 Å². The normalized spacial score (nSPS) is 12.6. The second-order valence-corrected chi connectivity index (χ2v) is 8.15. The van der Waals surface area contributed by atoms with Crippen LogP contribution in [0.15, 0.2) is 42.5 Å². The molecular formula is C20H23NO7S. The van der Waals surface area contributed by atoms with Crippen LogP contribution in [0.25, 0.3) is 0 Å². The van der Waals surface area contributed by atoms with Gasteiger partial charge < -0.3 is 23.3 Å². The fourth-order valence-electron chi connectivity index (χ4n) is 2.91. The van der Waals surface area contributed by atoms with Crippen LogP contribution in [0.1, 0.15) is 22.3 Å². The van der Waals surface area contributed by atoms with Crippen LogP contribution in [-0.4, -0.2) is 52.5 Å². The summed E-state index contributed by atoms with van der Waals surface area (Å²) in [4.78, 5) is 14.8. The third-order valence-electron chi connectivity index (χ3n) is 4.23. The maximum Gasteiger partial charge on any atom is 0.306 e. The van der Waals surface area contributed by atoms with Crippen molar-refractivity contribution >= 4 is 16.0 Å². The molecule has 1 aliphatic heterocycles. The molecule has 3 rings (SSSR count). The SMILES string of the molecule is COCCCN(Cc1ccc(OS(C)(=O)=O)cc1)C(=O)c1ccc2c(c1)OCO2. The first-order valence-electron chi connectivity index (χ1n) is 9.02. The Bertz CT molecular complexity index is 957. The summed E-state index contributed by atoms with van der Waals surface area (Å²) in [6.07, 6.45) is 1.67. The first-order chi connectivity index (χ1) is 13.9. The summed E-state index contributed by atoms with van der Waals surface area (Å²) in [7, 11) is -1.97. The summed E-state index contributed by atoms with van der Waals surface area (Å²) >= 11 is 0. The van der Waals surface area contributed by atoms with Crippen molar-refractivity contribution in [3.63, 3.8) is 0 Å². The molecular weight excluding hydrogens is 398 g/mol. The zero-order valence-electron chi connectivity index (χ0n) is 16.3. The van der Waals surface area contributed by atoms with Crippen molar-refractivity contribution in [2.24, 2.45) is 0 Å². The minimum atomic E-state index is -3.58. The van der Waals surface area contributed by atoms with E-state index >= 15 is 0 Å². The Kier molecular flexibility index (Phi) is 6.60. The number of ether oxygens (including phenoxy) is 3. The molecule has 0 atom stereocenters. The number of rotatable bonds is 9. The minimum absolute atomic E-state index is 0.143. The molecule has 2 aromatic rings. The maximum absolute atomic E-state index is 13.1. The molecule has 0 fully saturated rings. The Hall–Kier alpha value is -2.78. The lowest BCUT2D eigenvalue weighted by atomic mass is 10.1. The quantitative estimate of drug-likeness (QED) is 0.454. The van der Waals surface area contributed by atoms with Crippen molar-refractivity contribution in [1.82, 2.24) is 4.90 Å². The summed E-state index contributed by atoms with van der Waals surface area (Å²) < 4.78 is 43.1. The van der Waals surface area contributed by atoms with Gasteiger partial charge in [0.2, 0.25) is 6.79 Å². The highest BCUT2D eigenvalue weighted by Gasteiger charge is 2.20. The van der Waals surface area contributed by atoms with Crippen molar-refractivity contribution in [3.8, 4) is 17.2 Å². The van der Waals surface area contributed by atoms with Gasteiger partial charge in [0, 0.05) is 32.4 Å². The molecule has 0 saturated heterocycles. The summed E-state index contributed by atoms with van der Waals surface area (Å²) in [6.45, 7) is 1.54. The Balaban J connectivity index is 1.75. The molecule has 0 spiro atoms. The predicted octanol–water partition coefficient (Wildman–Crippen LogP) is 2.43. The van der Waals surface area contributed by atoms with E-state index in [0.717, 1.165) is 11.8 Å². The first kappa shape index (κ1) is 20.9. The van der Waals surface area contributed by atoms with Gasteiger partial charge in [0.05, 0.1) is 6.26 Å². The molecule has 1 aliphatic rings. The second-order valence-electron chi connectivity index (χ2n) is 6.57. The van der Waals surface area contributed by atoms with Crippen LogP contribution in [0.2, 0.25) is 0 Å². The molecule has 0 saturated carbocycles. The fraction of sp³-hybridized carbons (Fsp3) is 0.350. The Morgan fingerprint density at radius 2 is 1.83 bits per heavy atom. The van der Waals surface area contributed by atoms with Crippen LogP contribution in [0.5, 0.6) is 17.2 Å². The van der Waals surface area contributed by atoms with Crippen LogP contribution in [-0.2, 0) is 21.4 Å². The third-order valence-corrected chi connectivity index (χ3v) is 4.72. The molecule has 0 unspecified atom stereocenters. The van der Waals surface area contributed by atoms with Crippen molar-refractivity contribution < 1.29 is 31.6 Å². The van der Waals surface area contributed by atoms with E-state index < -0.39 is 10.1 Å². The van der Waals surface area contributed by atoms with E-state index in [-0.39, 0.29) is 18.4 Å². The van der Waals surface area contributed by atoms with Crippen molar-refractivity contribution in [2.45, 2.75) is 13.0 Å². The zero-order valence-corrected chi connectivity index (χ0v) is 17.1. The van der Waals surface area contributed by atoms with Gasteiger partial charge in [-0.05, 0) is 42.3 Å². The van der Waals surface area contributed by atoms with E-state index in [1.54, 1.807) is 54.5 Å². The van der Waals surface area contributed by atoms with Gasteiger partial charge in [-0.1, -0.05) is 12.1 Å². The van der Waals surface area contributed by atoms with Gasteiger partial charge >= 0.3 is 10.1 Å². The van der Waals surface area contributed by atoms with E-state index in [2.05, 4.69) is 0 Å². The van der Waals surface area contributed by atoms with Crippen LogP contribution >= 0.6 is 0 Å². The number of nitrogens with zero attached hydrogens (tertiary/aromatic N) is 1. The summed E-state index contributed by atoms with van der Waals surface area (Å²) in [5, 5.41) is 0. The predicted molar refractivity (Wildman–Crippen MR) is 106 cm³/mol. The van der Waals surface area contributed by atoms with Crippen LogP contribution in [0.3, 0.4) is 0 Å². The second kappa shape index (κ2) is 9.15. The van der Waals surface area contributed by atoms with E-state index in [4.69, 9.17) is 18.4 Å². The molecule has 29 heavy (non-hydrogen) atoms. The highest BCUT2D eigenvalue weighted by molar-refractivity contribution is 7.86. The van der Waals surface area contributed by atoms with Crippen molar-refractivity contribution in [3.05, 3.63) is 53.6 Å². The lowest BCUT2D eigenvalue weighted by Crippen LogP contribution is -2.32. The van der Waals surface area contributed by atoms with Gasteiger partial charge in [0.15, 0.2) is 11.5 Å². The molecule has 1 heterocycles. The molecule has 2 aromatic carbocycles. The van der Waals surface area contributed by atoms with Gasteiger partial charge in [-0.2, -0.15) is 8.42 Å². The molecule has 0 radical (unpaired) electrons. The van der Waals surface area contributed by atoms with Gasteiger partial charge in [0.25, 0.3) is 5.91 Å². The summed E-state index contributed by atoms with van der Waals surface area (Å²) in [5.74, 6) is 1.25. The lowest BCUT2D eigenvalue weighted by molar-refractivity contribution is 0.0723. The average molecular weight is 421 g/mol. The highest BCUT2D eigenvalue weighted by Crippen LogP contribution is 2.33. The lowest BCUT2D eigenvalue weighted by Gasteiger charge is -2.23. The molecule has 8 nitrogen and oxygen atoms in total. The number of hydrogen-bond donors (Lipinski definition) is 0. The van der Waals surface area contributed by atoms with Crippen LogP contribution < -0.4 is 13.7 Å². The monoisotopic (exact) mass is 421 g/mol. The number of methoxy groups -OCH3 is 1. The van der Waals surface area contributed by atoms with Crippen molar-refractivity contribution in [1.29, 1.82) is 0 Å². The number of carbonyl (C=O) groups excluding carboxylic acids is 1. The Morgan fingerprint density at radius 1 is 1.10 bits per heavy atom. The molecule has 0 aromatic heterocycles. The average Bonchev–Trinajstić information content (AvgIpc) is 3.15. The number of carbonyl (C=O) groups is 1. The molecule has 0 bridgehead atoms. The Morgan fingerprint density at radius 3 is 2.52 bits per heavy atom. The topological polar surface area (TPSA) is 91.4 Å². The molecule has 9 heteroatoms. The minimum Gasteiger partial charge on any atom is -0.454 e. The largest absolute Gasteiger partial charge is 0.454 e. The molecule has 1 amide bonds. The Labute approximate surface area is 170 Å². The highest BCUT2D eigenvalue weighted by atomic mass is 32.2. The molecule has 0 aliphatic carbocycles. The number of benzene rings is 2. The van der Waals surface area contributed by atoms with Crippen LogP contribution in [0, 0.1) is 0 Å². The molecule has 0 N–H and O–H groups in total. The van der Waals surface area contributed by atoms with Gasteiger partial charge in [-0.25, -0.2) is 0 Å².